The van der Waals surface area contributed by atoms with Gasteiger partial charge in [0, 0.05) is 12.8 Å². The van der Waals surface area contributed by atoms with Gasteiger partial charge >= 0.3 is 11.9 Å². The Hall–Kier alpha value is -2.65. The van der Waals surface area contributed by atoms with E-state index in [4.69, 9.17) is 18.9 Å². The molecule has 0 aromatic heterocycles. The highest BCUT2D eigenvalue weighted by atomic mass is 32.2. The van der Waals surface area contributed by atoms with Crippen LogP contribution >= 0.6 is 0 Å². The molecule has 1 saturated heterocycles. The summed E-state index contributed by atoms with van der Waals surface area (Å²) in [6, 6.07) is 0. The SMILES string of the molecule is CCCCCCC/C=C/C=C/C=C/CCCCCCCC(=O)OCC(CO[C@H]1O[C@H](CS(=O)(=O)O)[C@@H](O)C(O)C1O)OC(=O)CC/C=C/C/C=C/CCCCCCCC. The zero-order valence-corrected chi connectivity index (χ0v) is 36.9. The second kappa shape index (κ2) is 36.0. The van der Waals surface area contributed by atoms with E-state index in [-0.39, 0.29) is 19.4 Å². The summed E-state index contributed by atoms with van der Waals surface area (Å²) in [5.74, 6) is -2.10. The van der Waals surface area contributed by atoms with Crippen LogP contribution in [0.2, 0.25) is 0 Å². The van der Waals surface area contributed by atoms with E-state index in [9.17, 15) is 37.9 Å². The molecule has 3 unspecified atom stereocenters. The third-order valence-electron chi connectivity index (χ3n) is 9.89. The number of hydrogen-bond donors (Lipinski definition) is 4. The number of ether oxygens (including phenoxy) is 4. The first-order chi connectivity index (χ1) is 28.5. The van der Waals surface area contributed by atoms with E-state index in [2.05, 4.69) is 62.5 Å². The maximum Gasteiger partial charge on any atom is 0.306 e. The van der Waals surface area contributed by atoms with Gasteiger partial charge in [0.1, 0.15) is 36.8 Å². The van der Waals surface area contributed by atoms with Crippen LogP contribution in [0.5, 0.6) is 0 Å². The predicted molar refractivity (Wildman–Crippen MR) is 233 cm³/mol. The van der Waals surface area contributed by atoms with Crippen molar-refractivity contribution in [2.75, 3.05) is 19.0 Å². The van der Waals surface area contributed by atoms with Crippen LogP contribution in [0.3, 0.4) is 0 Å². The average molecular weight is 855 g/mol. The molecule has 13 heteroatoms. The summed E-state index contributed by atoms with van der Waals surface area (Å²) in [6.45, 7) is 3.65. The van der Waals surface area contributed by atoms with E-state index < -0.39 is 71.2 Å². The summed E-state index contributed by atoms with van der Waals surface area (Å²) in [5.41, 5.74) is 0. The normalized spacial score (nSPS) is 20.8. The maximum atomic E-state index is 12.7. The molecule has 0 radical (unpaired) electrons. The van der Waals surface area contributed by atoms with Crippen LogP contribution in [0.15, 0.2) is 60.8 Å². The summed E-state index contributed by atoms with van der Waals surface area (Å²) in [5, 5.41) is 30.8. The Bertz CT molecular complexity index is 1320. The first-order valence-electron chi connectivity index (χ1n) is 22.4. The Kier molecular flexibility index (Phi) is 33.2. The van der Waals surface area contributed by atoms with Crippen molar-refractivity contribution in [1.29, 1.82) is 0 Å². The van der Waals surface area contributed by atoms with E-state index in [0.29, 0.717) is 12.8 Å². The zero-order chi connectivity index (χ0) is 43.4. The smallest absolute Gasteiger partial charge is 0.306 e. The number of aliphatic hydroxyl groups excluding tert-OH is 3. The van der Waals surface area contributed by atoms with Gasteiger partial charge in [0.05, 0.1) is 6.61 Å². The summed E-state index contributed by atoms with van der Waals surface area (Å²) >= 11 is 0. The topological polar surface area (TPSA) is 186 Å². The van der Waals surface area contributed by atoms with Gasteiger partial charge in [-0.05, 0) is 57.8 Å². The molecule has 6 atom stereocenters. The molecule has 0 bridgehead atoms. The third-order valence-corrected chi connectivity index (χ3v) is 10.6. The van der Waals surface area contributed by atoms with Crippen LogP contribution in [0.4, 0.5) is 0 Å². The summed E-state index contributed by atoms with van der Waals surface area (Å²) in [7, 11) is -4.61. The molecule has 12 nitrogen and oxygen atoms in total. The van der Waals surface area contributed by atoms with E-state index in [1.165, 1.54) is 70.6 Å². The molecule has 1 heterocycles. The Morgan fingerprint density at radius 1 is 0.593 bits per heavy atom. The molecule has 1 fully saturated rings. The van der Waals surface area contributed by atoms with E-state index in [0.717, 1.165) is 51.4 Å². The molecule has 59 heavy (non-hydrogen) atoms. The van der Waals surface area contributed by atoms with Gasteiger partial charge in [-0.3, -0.25) is 14.1 Å². The fraction of sp³-hybridized carbons (Fsp3) is 0.739. The van der Waals surface area contributed by atoms with Crippen LogP contribution in [-0.4, -0.2) is 96.0 Å². The van der Waals surface area contributed by atoms with E-state index in [1.54, 1.807) is 0 Å². The summed E-state index contributed by atoms with van der Waals surface area (Å²) < 4.78 is 53.9. The molecule has 1 aliphatic heterocycles. The van der Waals surface area contributed by atoms with Crippen LogP contribution < -0.4 is 0 Å². The highest BCUT2D eigenvalue weighted by molar-refractivity contribution is 7.85. The van der Waals surface area contributed by atoms with Gasteiger partial charge in [-0.15, -0.1) is 0 Å². The highest BCUT2D eigenvalue weighted by Gasteiger charge is 2.46. The number of esters is 2. The molecule has 0 aromatic carbocycles. The van der Waals surface area contributed by atoms with Crippen molar-refractivity contribution in [1.82, 2.24) is 0 Å². The largest absolute Gasteiger partial charge is 0.462 e. The van der Waals surface area contributed by atoms with Crippen molar-refractivity contribution in [3.63, 3.8) is 0 Å². The monoisotopic (exact) mass is 855 g/mol. The molecule has 0 spiro atoms. The van der Waals surface area contributed by atoms with Crippen molar-refractivity contribution >= 4 is 22.1 Å². The van der Waals surface area contributed by atoms with Crippen LogP contribution in [-0.2, 0) is 38.7 Å². The van der Waals surface area contributed by atoms with Crippen molar-refractivity contribution in [3.8, 4) is 0 Å². The second-order valence-corrected chi connectivity index (χ2v) is 16.9. The second-order valence-electron chi connectivity index (χ2n) is 15.4. The predicted octanol–water partition coefficient (Wildman–Crippen LogP) is 8.95. The Morgan fingerprint density at radius 3 is 1.69 bits per heavy atom. The number of allylic oxidation sites excluding steroid dienone is 10. The lowest BCUT2D eigenvalue weighted by atomic mass is 10.00. The standard InChI is InChI=1S/C46H78O12S/c1-3-5-7-9-11-13-15-17-18-19-20-21-23-24-26-28-30-32-34-41(47)55-36-39(37-56-46-45(51)44(50)43(49)40(58-46)38-59(52,53)54)57-42(48)35-33-31-29-27-25-22-16-14-12-10-8-6-4-2/h15,17-22,25,29,31,39-40,43-46,49-51H,3-14,16,23-24,26-28,30,32-38H2,1-2H3,(H,52,53,54)/b17-15+,19-18+,21-20+,25-22+,31-29+/t39?,40-,43-,44?,45?,46+/m1/s1. The molecule has 0 aromatic rings. The number of carbonyl (C=O) groups excluding carboxylic acids is 2. The average Bonchev–Trinajstić information content (AvgIpc) is 3.20. The van der Waals surface area contributed by atoms with Gasteiger partial charge in [0.25, 0.3) is 10.1 Å². The van der Waals surface area contributed by atoms with Gasteiger partial charge in [-0.1, -0.05) is 152 Å². The molecule has 0 saturated carbocycles. The van der Waals surface area contributed by atoms with Crippen LogP contribution in [0, 0.1) is 0 Å². The highest BCUT2D eigenvalue weighted by Crippen LogP contribution is 2.24. The Labute approximate surface area is 355 Å². The van der Waals surface area contributed by atoms with Gasteiger partial charge in [-0.25, -0.2) is 0 Å². The number of carbonyl (C=O) groups is 2. The van der Waals surface area contributed by atoms with Crippen molar-refractivity contribution in [2.24, 2.45) is 0 Å². The molecule has 1 aliphatic rings. The first-order valence-corrected chi connectivity index (χ1v) is 24.0. The van der Waals surface area contributed by atoms with Crippen molar-refractivity contribution < 1.29 is 56.8 Å². The lowest BCUT2D eigenvalue weighted by molar-refractivity contribution is -0.297. The Morgan fingerprint density at radius 2 is 1.12 bits per heavy atom. The number of unbranched alkanes of at least 4 members (excludes halogenated alkanes) is 16. The molecule has 340 valence electrons. The lowest BCUT2D eigenvalue weighted by Gasteiger charge is -2.40. The van der Waals surface area contributed by atoms with Gasteiger partial charge in [0.2, 0.25) is 0 Å². The van der Waals surface area contributed by atoms with Crippen LogP contribution in [0.25, 0.3) is 0 Å². The molecule has 0 amide bonds. The Balaban J connectivity index is 2.50. The third kappa shape index (κ3) is 30.9. The van der Waals surface area contributed by atoms with E-state index >= 15 is 0 Å². The molecular weight excluding hydrogens is 777 g/mol. The van der Waals surface area contributed by atoms with Gasteiger partial charge in [-0.2, -0.15) is 8.42 Å². The van der Waals surface area contributed by atoms with Gasteiger partial charge in [0.15, 0.2) is 12.4 Å². The minimum Gasteiger partial charge on any atom is -0.462 e. The fourth-order valence-corrected chi connectivity index (χ4v) is 7.07. The molecule has 1 rings (SSSR count). The number of aliphatic hydroxyl groups is 3. The summed E-state index contributed by atoms with van der Waals surface area (Å²) in [4.78, 5) is 25.3. The minimum absolute atomic E-state index is 0.0511. The fourth-order valence-electron chi connectivity index (χ4n) is 6.38. The molecule has 0 aliphatic carbocycles. The number of rotatable bonds is 36. The first kappa shape index (κ1) is 54.4. The molecular formula is C46H78O12S. The summed E-state index contributed by atoms with van der Waals surface area (Å²) in [6.07, 6.45) is 34.2. The lowest BCUT2D eigenvalue weighted by Crippen LogP contribution is -2.60. The quantitative estimate of drug-likeness (QED) is 0.0154. The van der Waals surface area contributed by atoms with E-state index in [1.807, 2.05) is 12.2 Å². The minimum atomic E-state index is -4.61. The van der Waals surface area contributed by atoms with Crippen LogP contribution in [0.1, 0.15) is 162 Å². The van der Waals surface area contributed by atoms with Crippen molar-refractivity contribution in [2.45, 2.75) is 198 Å². The molecule has 4 N–H and O–H groups in total. The van der Waals surface area contributed by atoms with Crippen molar-refractivity contribution in [3.05, 3.63) is 60.8 Å². The van der Waals surface area contributed by atoms with Gasteiger partial charge < -0.3 is 34.3 Å². The zero-order valence-electron chi connectivity index (χ0n) is 36.1. The number of hydrogen-bond acceptors (Lipinski definition) is 11. The maximum absolute atomic E-state index is 12.7.